The average Bonchev–Trinajstić information content (AvgIpc) is 2.33. The zero-order chi connectivity index (χ0) is 15.6. The van der Waals surface area contributed by atoms with Gasteiger partial charge in [0.2, 0.25) is 0 Å². The van der Waals surface area contributed by atoms with Crippen molar-refractivity contribution in [2.45, 2.75) is 84.8 Å². The molecule has 4 nitrogen and oxygen atoms in total. The molecule has 0 aromatic carbocycles. The number of aldehydes is 1. The van der Waals surface area contributed by atoms with E-state index in [4.69, 9.17) is 4.74 Å². The average molecular weight is 285 g/mol. The van der Waals surface area contributed by atoms with E-state index < -0.39 is 5.60 Å². The lowest BCUT2D eigenvalue weighted by Crippen LogP contribution is -2.44. The van der Waals surface area contributed by atoms with Crippen molar-refractivity contribution in [1.29, 1.82) is 0 Å². The number of nitrogens with zero attached hydrogens (tertiary/aromatic N) is 1. The molecule has 0 aliphatic heterocycles. The number of hydrogen-bond acceptors (Lipinski definition) is 3. The molecular weight excluding hydrogens is 254 g/mol. The van der Waals surface area contributed by atoms with Crippen molar-refractivity contribution in [1.82, 2.24) is 4.90 Å². The number of ether oxygens (including phenoxy) is 1. The highest BCUT2D eigenvalue weighted by Gasteiger charge is 2.27. The topological polar surface area (TPSA) is 46.6 Å². The summed E-state index contributed by atoms with van der Waals surface area (Å²) in [6.45, 7) is 9.90. The van der Waals surface area contributed by atoms with Crippen LogP contribution in [0.1, 0.15) is 73.1 Å². The van der Waals surface area contributed by atoms with E-state index in [-0.39, 0.29) is 18.7 Å². The van der Waals surface area contributed by atoms with Gasteiger partial charge < -0.3 is 9.53 Å². The molecule has 4 heteroatoms. The highest BCUT2D eigenvalue weighted by Crippen LogP contribution is 2.18. The molecule has 0 aliphatic carbocycles. The van der Waals surface area contributed by atoms with Gasteiger partial charge in [-0.25, -0.2) is 4.79 Å². The smallest absolute Gasteiger partial charge is 0.410 e. The van der Waals surface area contributed by atoms with E-state index in [0.717, 1.165) is 44.8 Å². The predicted octanol–water partition coefficient (Wildman–Crippen LogP) is 4.17. The molecule has 118 valence electrons. The van der Waals surface area contributed by atoms with E-state index in [9.17, 15) is 9.59 Å². The van der Waals surface area contributed by atoms with Crippen molar-refractivity contribution in [2.75, 3.05) is 6.54 Å². The summed E-state index contributed by atoms with van der Waals surface area (Å²) in [5.74, 6) is 0. The third-order valence-corrected chi connectivity index (χ3v) is 3.10. The van der Waals surface area contributed by atoms with E-state index in [1.807, 2.05) is 20.8 Å². The Balaban J connectivity index is 4.77. The van der Waals surface area contributed by atoms with Crippen LogP contribution in [0, 0.1) is 0 Å². The first-order valence-corrected chi connectivity index (χ1v) is 7.79. The van der Waals surface area contributed by atoms with Gasteiger partial charge in [-0.05, 0) is 33.6 Å². The van der Waals surface area contributed by atoms with Gasteiger partial charge >= 0.3 is 6.09 Å². The number of carbonyl (C=O) groups excluding carboxylic acids is 2. The zero-order valence-electron chi connectivity index (χ0n) is 13.8. The number of rotatable bonds is 9. The Morgan fingerprint density at radius 3 is 2.25 bits per heavy atom. The van der Waals surface area contributed by atoms with Gasteiger partial charge in [-0.3, -0.25) is 4.90 Å². The first kappa shape index (κ1) is 18.9. The summed E-state index contributed by atoms with van der Waals surface area (Å²) in [6.07, 6.45) is 6.65. The summed E-state index contributed by atoms with van der Waals surface area (Å²) < 4.78 is 5.41. The van der Waals surface area contributed by atoms with Gasteiger partial charge in [-0.15, -0.1) is 0 Å². The minimum absolute atomic E-state index is 0.103. The van der Waals surface area contributed by atoms with Crippen molar-refractivity contribution in [3.63, 3.8) is 0 Å². The fourth-order valence-corrected chi connectivity index (χ4v) is 2.19. The Morgan fingerprint density at radius 1 is 1.15 bits per heavy atom. The lowest BCUT2D eigenvalue weighted by atomic mass is 10.0. The molecular formula is C16H31NO3. The van der Waals surface area contributed by atoms with E-state index in [2.05, 4.69) is 13.8 Å². The fraction of sp³-hybridized carbons (Fsp3) is 0.875. The molecule has 0 aliphatic rings. The molecule has 0 fully saturated rings. The van der Waals surface area contributed by atoms with Crippen LogP contribution in [-0.4, -0.2) is 35.5 Å². The van der Waals surface area contributed by atoms with E-state index in [1.54, 1.807) is 4.90 Å². The standard InChI is InChI=1S/C16H31NO3/c1-6-8-9-11-14(10-7-2)17(12-13-18)15(19)20-16(3,4)5/h13-14H,6-12H2,1-5H3. The van der Waals surface area contributed by atoms with Crippen molar-refractivity contribution in [3.8, 4) is 0 Å². The van der Waals surface area contributed by atoms with Gasteiger partial charge in [0.05, 0.1) is 6.54 Å². The molecule has 0 spiro atoms. The molecule has 0 aromatic heterocycles. The molecule has 1 unspecified atom stereocenters. The Labute approximate surface area is 123 Å². The highest BCUT2D eigenvalue weighted by molar-refractivity contribution is 5.72. The molecule has 1 atom stereocenters. The van der Waals surface area contributed by atoms with Gasteiger partial charge in [0.1, 0.15) is 11.9 Å². The number of hydrogen-bond donors (Lipinski definition) is 0. The Bertz CT molecular complexity index is 284. The third-order valence-electron chi connectivity index (χ3n) is 3.10. The minimum Gasteiger partial charge on any atom is -0.444 e. The summed E-state index contributed by atoms with van der Waals surface area (Å²) >= 11 is 0. The lowest BCUT2D eigenvalue weighted by molar-refractivity contribution is -0.109. The third kappa shape index (κ3) is 8.18. The molecule has 0 rings (SSSR count). The SMILES string of the molecule is CCCCCC(CCC)N(CC=O)C(=O)OC(C)(C)C. The normalized spacial score (nSPS) is 12.8. The van der Waals surface area contributed by atoms with E-state index in [0.29, 0.717) is 0 Å². The second kappa shape index (κ2) is 9.78. The quantitative estimate of drug-likeness (QED) is 0.472. The summed E-state index contributed by atoms with van der Waals surface area (Å²) in [5.41, 5.74) is -0.529. The second-order valence-corrected chi connectivity index (χ2v) is 6.24. The van der Waals surface area contributed by atoms with Gasteiger partial charge in [-0.1, -0.05) is 39.5 Å². The van der Waals surface area contributed by atoms with E-state index in [1.165, 1.54) is 0 Å². The maximum Gasteiger partial charge on any atom is 0.410 e. The molecule has 1 amide bonds. The number of unbranched alkanes of at least 4 members (excludes halogenated alkanes) is 2. The monoisotopic (exact) mass is 285 g/mol. The van der Waals surface area contributed by atoms with Crippen molar-refractivity contribution >= 4 is 12.4 Å². The van der Waals surface area contributed by atoms with Crippen LogP contribution in [0.5, 0.6) is 0 Å². The lowest BCUT2D eigenvalue weighted by Gasteiger charge is -2.32. The molecule has 0 bridgehead atoms. The van der Waals surface area contributed by atoms with Crippen LogP contribution in [0.15, 0.2) is 0 Å². The number of carbonyl (C=O) groups is 2. The van der Waals surface area contributed by atoms with Gasteiger partial charge in [0, 0.05) is 6.04 Å². The van der Waals surface area contributed by atoms with Crippen LogP contribution in [0.4, 0.5) is 4.79 Å². The summed E-state index contributed by atoms with van der Waals surface area (Å²) in [5, 5.41) is 0. The van der Waals surface area contributed by atoms with Crippen LogP contribution < -0.4 is 0 Å². The van der Waals surface area contributed by atoms with Gasteiger partial charge in [0.25, 0.3) is 0 Å². The largest absolute Gasteiger partial charge is 0.444 e. The van der Waals surface area contributed by atoms with Crippen LogP contribution in [0.3, 0.4) is 0 Å². The Morgan fingerprint density at radius 2 is 1.80 bits per heavy atom. The molecule has 0 saturated heterocycles. The summed E-state index contributed by atoms with van der Waals surface area (Å²) in [4.78, 5) is 24.7. The summed E-state index contributed by atoms with van der Waals surface area (Å²) in [6, 6.07) is 0.103. The van der Waals surface area contributed by atoms with Crippen LogP contribution in [-0.2, 0) is 9.53 Å². The van der Waals surface area contributed by atoms with Crippen LogP contribution in [0.2, 0.25) is 0 Å². The number of amides is 1. The van der Waals surface area contributed by atoms with Gasteiger partial charge in [0.15, 0.2) is 0 Å². The maximum absolute atomic E-state index is 12.2. The molecule has 0 saturated carbocycles. The predicted molar refractivity (Wildman–Crippen MR) is 81.8 cm³/mol. The minimum atomic E-state index is -0.529. The Hall–Kier alpha value is -1.06. The van der Waals surface area contributed by atoms with Crippen molar-refractivity contribution in [2.24, 2.45) is 0 Å². The van der Waals surface area contributed by atoms with Crippen molar-refractivity contribution in [3.05, 3.63) is 0 Å². The molecule has 0 radical (unpaired) electrons. The first-order valence-electron chi connectivity index (χ1n) is 7.79. The second-order valence-electron chi connectivity index (χ2n) is 6.24. The van der Waals surface area contributed by atoms with Crippen molar-refractivity contribution < 1.29 is 14.3 Å². The fourth-order valence-electron chi connectivity index (χ4n) is 2.19. The zero-order valence-corrected chi connectivity index (χ0v) is 13.8. The molecule has 0 aromatic rings. The van der Waals surface area contributed by atoms with Crippen LogP contribution in [0.25, 0.3) is 0 Å². The Kier molecular flexibility index (Phi) is 9.26. The molecule has 0 heterocycles. The molecule has 20 heavy (non-hydrogen) atoms. The summed E-state index contributed by atoms with van der Waals surface area (Å²) in [7, 11) is 0. The highest BCUT2D eigenvalue weighted by atomic mass is 16.6. The van der Waals surface area contributed by atoms with E-state index >= 15 is 0 Å². The molecule has 0 N–H and O–H groups in total. The van der Waals surface area contributed by atoms with Crippen LogP contribution >= 0.6 is 0 Å². The first-order chi connectivity index (χ1) is 9.35. The van der Waals surface area contributed by atoms with Gasteiger partial charge in [-0.2, -0.15) is 0 Å². The maximum atomic E-state index is 12.2.